The number of rotatable bonds is 3. The summed E-state index contributed by atoms with van der Waals surface area (Å²) in [6, 6.07) is 1.95. The molecule has 0 unspecified atom stereocenters. The lowest BCUT2D eigenvalue weighted by Crippen LogP contribution is -2.54. The van der Waals surface area contributed by atoms with Crippen molar-refractivity contribution in [2.75, 3.05) is 0 Å². The normalized spacial score (nSPS) is 18.1. The highest BCUT2D eigenvalue weighted by molar-refractivity contribution is 5.94. The average molecular weight is 195 g/mol. The van der Waals surface area contributed by atoms with E-state index in [2.05, 4.69) is 5.32 Å². The summed E-state index contributed by atoms with van der Waals surface area (Å²) in [5.41, 5.74) is 3.08. The number of carbonyl (C=O) groups excluding carboxylic acids is 2. The lowest BCUT2D eigenvalue weighted by molar-refractivity contribution is -0.132. The van der Waals surface area contributed by atoms with Crippen LogP contribution < -0.4 is 11.1 Å². The van der Waals surface area contributed by atoms with E-state index in [4.69, 9.17) is 11.0 Å². The van der Waals surface area contributed by atoms with Crippen LogP contribution in [0.15, 0.2) is 0 Å². The average Bonchev–Trinajstić information content (AvgIpc) is 2.83. The third-order valence-electron chi connectivity index (χ3n) is 2.44. The van der Waals surface area contributed by atoms with Crippen molar-refractivity contribution in [3.63, 3.8) is 0 Å². The van der Waals surface area contributed by atoms with Crippen LogP contribution in [0.2, 0.25) is 0 Å². The highest BCUT2D eigenvalue weighted by Gasteiger charge is 2.52. The highest BCUT2D eigenvalue weighted by atomic mass is 16.2. The number of nitrogens with one attached hydrogen (secondary N) is 1. The Bertz CT molecular complexity index is 323. The first-order valence-corrected chi connectivity index (χ1v) is 4.38. The Morgan fingerprint density at radius 2 is 2.00 bits per heavy atom. The standard InChI is InChI=1S/C9H13N3O2/c1-8(2,6(11)13)12-7(14)9(5-10)3-4-9/h3-4H2,1-2H3,(H2,11,13)(H,12,14). The van der Waals surface area contributed by atoms with E-state index in [1.807, 2.05) is 6.07 Å². The van der Waals surface area contributed by atoms with Gasteiger partial charge in [0.25, 0.3) is 0 Å². The van der Waals surface area contributed by atoms with Gasteiger partial charge < -0.3 is 11.1 Å². The summed E-state index contributed by atoms with van der Waals surface area (Å²) >= 11 is 0. The van der Waals surface area contributed by atoms with Gasteiger partial charge in [0, 0.05) is 0 Å². The van der Waals surface area contributed by atoms with Gasteiger partial charge in [0.05, 0.1) is 6.07 Å². The Morgan fingerprint density at radius 1 is 1.50 bits per heavy atom. The largest absolute Gasteiger partial charge is 0.368 e. The minimum atomic E-state index is -1.09. The summed E-state index contributed by atoms with van der Waals surface area (Å²) < 4.78 is 0. The zero-order chi connectivity index (χ0) is 11.0. The second-order valence-corrected chi connectivity index (χ2v) is 4.14. The zero-order valence-electron chi connectivity index (χ0n) is 8.26. The molecule has 0 aliphatic heterocycles. The first-order valence-electron chi connectivity index (χ1n) is 4.38. The number of hydrogen-bond acceptors (Lipinski definition) is 3. The number of hydrogen-bond donors (Lipinski definition) is 2. The minimum Gasteiger partial charge on any atom is -0.368 e. The van der Waals surface area contributed by atoms with E-state index in [0.717, 1.165) is 0 Å². The van der Waals surface area contributed by atoms with Gasteiger partial charge in [-0.05, 0) is 26.7 Å². The molecule has 0 radical (unpaired) electrons. The van der Waals surface area contributed by atoms with Crippen LogP contribution in [0.5, 0.6) is 0 Å². The summed E-state index contributed by atoms with van der Waals surface area (Å²) in [4.78, 5) is 22.5. The van der Waals surface area contributed by atoms with Crippen LogP contribution in [-0.2, 0) is 9.59 Å². The maximum Gasteiger partial charge on any atom is 0.242 e. The van der Waals surface area contributed by atoms with Crippen molar-refractivity contribution < 1.29 is 9.59 Å². The van der Waals surface area contributed by atoms with E-state index in [1.54, 1.807) is 0 Å². The van der Waals surface area contributed by atoms with Gasteiger partial charge in [-0.25, -0.2) is 0 Å². The fraction of sp³-hybridized carbons (Fsp3) is 0.667. The van der Waals surface area contributed by atoms with Crippen molar-refractivity contribution in [3.8, 4) is 6.07 Å². The smallest absolute Gasteiger partial charge is 0.242 e. The molecule has 5 nitrogen and oxygen atoms in total. The summed E-state index contributed by atoms with van der Waals surface area (Å²) in [7, 11) is 0. The van der Waals surface area contributed by atoms with Crippen LogP contribution in [0.4, 0.5) is 0 Å². The van der Waals surface area contributed by atoms with E-state index in [9.17, 15) is 9.59 Å². The van der Waals surface area contributed by atoms with Crippen molar-refractivity contribution in [2.24, 2.45) is 11.1 Å². The molecule has 0 aromatic carbocycles. The molecule has 0 spiro atoms. The van der Waals surface area contributed by atoms with Gasteiger partial charge in [0.2, 0.25) is 11.8 Å². The van der Waals surface area contributed by atoms with Gasteiger partial charge in [0.1, 0.15) is 11.0 Å². The molecule has 0 atom stereocenters. The molecule has 1 rings (SSSR count). The van der Waals surface area contributed by atoms with Crippen LogP contribution in [-0.4, -0.2) is 17.4 Å². The number of primary amides is 1. The van der Waals surface area contributed by atoms with E-state index in [0.29, 0.717) is 12.8 Å². The Kier molecular flexibility index (Phi) is 2.24. The van der Waals surface area contributed by atoms with E-state index >= 15 is 0 Å². The third kappa shape index (κ3) is 1.69. The Morgan fingerprint density at radius 3 is 2.29 bits per heavy atom. The van der Waals surface area contributed by atoms with Crippen LogP contribution in [0.3, 0.4) is 0 Å². The van der Waals surface area contributed by atoms with Crippen LogP contribution in [0.25, 0.3) is 0 Å². The number of nitrogens with zero attached hydrogens (tertiary/aromatic N) is 1. The molecule has 1 aliphatic carbocycles. The lowest BCUT2D eigenvalue weighted by Gasteiger charge is -2.23. The Hall–Kier alpha value is -1.57. The molecular formula is C9H13N3O2. The van der Waals surface area contributed by atoms with Crippen molar-refractivity contribution in [1.82, 2.24) is 5.32 Å². The van der Waals surface area contributed by atoms with Gasteiger partial charge in [0.15, 0.2) is 0 Å². The molecule has 1 fully saturated rings. The second kappa shape index (κ2) is 2.98. The fourth-order valence-corrected chi connectivity index (χ4v) is 0.980. The first-order chi connectivity index (χ1) is 6.34. The van der Waals surface area contributed by atoms with Crippen molar-refractivity contribution >= 4 is 11.8 Å². The van der Waals surface area contributed by atoms with Gasteiger partial charge >= 0.3 is 0 Å². The van der Waals surface area contributed by atoms with Gasteiger partial charge in [-0.15, -0.1) is 0 Å². The molecule has 5 heteroatoms. The van der Waals surface area contributed by atoms with E-state index in [1.165, 1.54) is 13.8 Å². The molecule has 1 saturated carbocycles. The quantitative estimate of drug-likeness (QED) is 0.645. The summed E-state index contributed by atoms with van der Waals surface area (Å²) in [6.07, 6.45) is 1.12. The molecule has 76 valence electrons. The zero-order valence-corrected chi connectivity index (χ0v) is 8.26. The van der Waals surface area contributed by atoms with Gasteiger partial charge in [-0.3, -0.25) is 9.59 Å². The minimum absolute atomic E-state index is 0.399. The van der Waals surface area contributed by atoms with Crippen molar-refractivity contribution in [2.45, 2.75) is 32.2 Å². The molecule has 0 aromatic rings. The number of nitriles is 1. The molecule has 0 bridgehead atoms. The van der Waals surface area contributed by atoms with Crippen LogP contribution >= 0.6 is 0 Å². The number of carbonyl (C=O) groups is 2. The van der Waals surface area contributed by atoms with Gasteiger partial charge in [-0.2, -0.15) is 5.26 Å². The monoisotopic (exact) mass is 195 g/mol. The molecule has 0 aromatic heterocycles. The molecular weight excluding hydrogens is 182 g/mol. The van der Waals surface area contributed by atoms with Crippen molar-refractivity contribution in [1.29, 1.82) is 5.26 Å². The maximum atomic E-state index is 11.5. The molecule has 2 amide bonds. The molecule has 14 heavy (non-hydrogen) atoms. The second-order valence-electron chi connectivity index (χ2n) is 4.14. The molecule has 3 N–H and O–H groups in total. The number of amides is 2. The topological polar surface area (TPSA) is 96.0 Å². The van der Waals surface area contributed by atoms with Crippen LogP contribution in [0.1, 0.15) is 26.7 Å². The van der Waals surface area contributed by atoms with Gasteiger partial charge in [-0.1, -0.05) is 0 Å². The summed E-state index contributed by atoms with van der Waals surface area (Å²) in [5, 5.41) is 11.2. The molecule has 1 aliphatic rings. The molecule has 0 saturated heterocycles. The van der Waals surface area contributed by atoms with E-state index in [-0.39, 0.29) is 0 Å². The third-order valence-corrected chi connectivity index (χ3v) is 2.44. The maximum absolute atomic E-state index is 11.5. The van der Waals surface area contributed by atoms with Crippen LogP contribution in [0, 0.1) is 16.7 Å². The summed E-state index contributed by atoms with van der Waals surface area (Å²) in [5.74, 6) is -1.01. The SMILES string of the molecule is CC(C)(NC(=O)C1(C#N)CC1)C(N)=O. The Balaban J connectivity index is 2.67. The summed E-state index contributed by atoms with van der Waals surface area (Å²) in [6.45, 7) is 3.03. The highest BCUT2D eigenvalue weighted by Crippen LogP contribution is 2.45. The predicted molar refractivity (Wildman–Crippen MR) is 48.7 cm³/mol. The predicted octanol–water partition coefficient (Wildman–Crippen LogP) is -0.330. The lowest BCUT2D eigenvalue weighted by atomic mass is 10.0. The Labute approximate surface area is 82.3 Å². The van der Waals surface area contributed by atoms with Crippen molar-refractivity contribution in [3.05, 3.63) is 0 Å². The number of nitrogens with two attached hydrogens (primary N) is 1. The van der Waals surface area contributed by atoms with E-state index < -0.39 is 22.8 Å². The molecule has 0 heterocycles. The fourth-order valence-electron chi connectivity index (χ4n) is 0.980. The first kappa shape index (κ1) is 10.5.